The first-order valence-electron chi connectivity index (χ1n) is 9.60. The van der Waals surface area contributed by atoms with Gasteiger partial charge in [-0.1, -0.05) is 0 Å². The summed E-state index contributed by atoms with van der Waals surface area (Å²) in [5, 5.41) is 12.7. The number of aromatic nitrogens is 4. The molecule has 0 bridgehead atoms. The molecule has 3 aromatic heterocycles. The maximum atomic E-state index is 14.0. The van der Waals surface area contributed by atoms with Crippen molar-refractivity contribution in [3.63, 3.8) is 0 Å². The van der Waals surface area contributed by atoms with E-state index in [-0.39, 0.29) is 29.0 Å². The van der Waals surface area contributed by atoms with Crippen LogP contribution < -0.4 is 5.73 Å². The van der Waals surface area contributed by atoms with Crippen molar-refractivity contribution in [2.24, 2.45) is 0 Å². The molecular formula is C20H23F4N5O2. The molecule has 1 fully saturated rings. The Balaban J connectivity index is 0.000000330. The first kappa shape index (κ1) is 22.9. The second kappa shape index (κ2) is 8.75. The van der Waals surface area contributed by atoms with E-state index in [9.17, 15) is 17.6 Å². The highest BCUT2D eigenvalue weighted by Crippen LogP contribution is 2.41. The van der Waals surface area contributed by atoms with E-state index in [0.29, 0.717) is 6.61 Å². The van der Waals surface area contributed by atoms with Crippen LogP contribution in [0.5, 0.6) is 0 Å². The summed E-state index contributed by atoms with van der Waals surface area (Å²) in [5.41, 5.74) is 2.63. The van der Waals surface area contributed by atoms with Crippen LogP contribution in [0.4, 0.5) is 23.5 Å². The molecule has 0 aliphatic carbocycles. The van der Waals surface area contributed by atoms with Crippen molar-refractivity contribution in [1.82, 2.24) is 19.6 Å². The van der Waals surface area contributed by atoms with Crippen LogP contribution in [0.1, 0.15) is 32.3 Å². The highest BCUT2D eigenvalue weighted by atomic mass is 19.3. The number of nitrogens with zero attached hydrogens (tertiary/aromatic N) is 4. The Hall–Kier alpha value is -2.79. The molecule has 7 nitrogen and oxygen atoms in total. The van der Waals surface area contributed by atoms with Crippen molar-refractivity contribution in [2.45, 2.75) is 44.4 Å². The summed E-state index contributed by atoms with van der Waals surface area (Å²) < 4.78 is 61.7. The Bertz CT molecular complexity index is 1030. The van der Waals surface area contributed by atoms with Crippen LogP contribution in [-0.2, 0) is 10.7 Å². The predicted octanol–water partition coefficient (Wildman–Crippen LogP) is 3.51. The largest absolute Gasteiger partial charge is 0.391 e. The van der Waals surface area contributed by atoms with Crippen LogP contribution in [0.3, 0.4) is 0 Å². The van der Waals surface area contributed by atoms with Gasteiger partial charge in [-0.25, -0.2) is 18.3 Å². The summed E-state index contributed by atoms with van der Waals surface area (Å²) in [6, 6.07) is 3.43. The quantitative estimate of drug-likeness (QED) is 0.604. The Morgan fingerprint density at radius 3 is 2.45 bits per heavy atom. The van der Waals surface area contributed by atoms with E-state index in [0.717, 1.165) is 51.6 Å². The predicted molar refractivity (Wildman–Crippen MR) is 106 cm³/mol. The van der Waals surface area contributed by atoms with Crippen molar-refractivity contribution >= 4 is 11.5 Å². The van der Waals surface area contributed by atoms with Crippen LogP contribution >= 0.6 is 0 Å². The van der Waals surface area contributed by atoms with Gasteiger partial charge >= 0.3 is 5.92 Å². The molecule has 168 valence electrons. The minimum Gasteiger partial charge on any atom is -0.391 e. The number of aliphatic hydroxyl groups excluding tert-OH is 1. The topological polar surface area (TPSA) is 98.6 Å². The van der Waals surface area contributed by atoms with Gasteiger partial charge in [0.2, 0.25) is 5.95 Å². The number of halogens is 4. The van der Waals surface area contributed by atoms with Gasteiger partial charge in [-0.2, -0.15) is 8.78 Å². The van der Waals surface area contributed by atoms with Gasteiger partial charge in [-0.15, -0.1) is 5.10 Å². The zero-order valence-corrected chi connectivity index (χ0v) is 17.0. The molecule has 1 aliphatic rings. The number of ether oxygens (including phenoxy) is 1. The monoisotopic (exact) mass is 441 g/mol. The number of pyridine rings is 1. The molecule has 1 atom stereocenters. The van der Waals surface area contributed by atoms with E-state index in [1.807, 2.05) is 0 Å². The Kier molecular flexibility index (Phi) is 6.46. The van der Waals surface area contributed by atoms with Crippen molar-refractivity contribution in [1.29, 1.82) is 0 Å². The van der Waals surface area contributed by atoms with Crippen molar-refractivity contribution < 1.29 is 27.4 Å². The maximum Gasteiger partial charge on any atom is 0.307 e. The standard InChI is InChI=1S/C15H13F4N5.C5H10O2/c1-14(2,17)15(18,19)8-3-4-10(21-6-8)11-5-9(16)12-7-22-13(20)23-24(11)12;6-5-2-1-3-7-4-5/h3-7H,1-2H3,(H2,20,23);5-6H,1-4H2. The van der Waals surface area contributed by atoms with Gasteiger partial charge in [0.15, 0.2) is 11.5 Å². The molecule has 4 heterocycles. The molecule has 3 N–H and O–H groups in total. The summed E-state index contributed by atoms with van der Waals surface area (Å²) >= 11 is 0. The molecule has 31 heavy (non-hydrogen) atoms. The molecule has 0 spiro atoms. The van der Waals surface area contributed by atoms with Crippen LogP contribution in [-0.4, -0.2) is 49.7 Å². The molecule has 3 aromatic rings. The van der Waals surface area contributed by atoms with Crippen molar-refractivity contribution in [2.75, 3.05) is 18.9 Å². The highest BCUT2D eigenvalue weighted by molar-refractivity contribution is 5.64. The number of alkyl halides is 3. The second-order valence-corrected chi connectivity index (χ2v) is 7.64. The second-order valence-electron chi connectivity index (χ2n) is 7.64. The summed E-state index contributed by atoms with van der Waals surface area (Å²) in [5.74, 6) is -4.40. The summed E-state index contributed by atoms with van der Waals surface area (Å²) in [7, 11) is 0. The number of aliphatic hydroxyl groups is 1. The van der Waals surface area contributed by atoms with Crippen LogP contribution in [0.2, 0.25) is 0 Å². The van der Waals surface area contributed by atoms with Crippen LogP contribution in [0.15, 0.2) is 30.6 Å². The number of fused-ring (bicyclic) bond motifs is 1. The first-order valence-corrected chi connectivity index (χ1v) is 9.60. The lowest BCUT2D eigenvalue weighted by atomic mass is 9.96. The summed E-state index contributed by atoms with van der Waals surface area (Å²) in [6.45, 7) is 2.95. The van der Waals surface area contributed by atoms with E-state index >= 15 is 0 Å². The zero-order chi connectivity index (χ0) is 22.8. The molecule has 1 unspecified atom stereocenters. The first-order chi connectivity index (χ1) is 14.5. The average molecular weight is 441 g/mol. The molecule has 1 aliphatic heterocycles. The van der Waals surface area contributed by atoms with E-state index in [1.54, 1.807) is 0 Å². The number of nitrogen functional groups attached to an aromatic ring is 1. The molecule has 0 saturated carbocycles. The number of hydrogen-bond donors (Lipinski definition) is 2. The van der Waals surface area contributed by atoms with Gasteiger partial charge in [0, 0.05) is 24.4 Å². The molecule has 0 aromatic carbocycles. The SMILES string of the molecule is CC(C)(F)C(F)(F)c1ccc(-c2cc(F)c3cnc(N)nn23)nc1.OC1CCCOC1. The van der Waals surface area contributed by atoms with E-state index < -0.39 is 23.0 Å². The van der Waals surface area contributed by atoms with Crippen molar-refractivity contribution in [3.8, 4) is 11.4 Å². The molecule has 1 saturated heterocycles. The Morgan fingerprint density at radius 1 is 1.19 bits per heavy atom. The van der Waals surface area contributed by atoms with E-state index in [1.165, 1.54) is 16.8 Å². The average Bonchev–Trinajstić information content (AvgIpc) is 3.04. The fourth-order valence-corrected chi connectivity index (χ4v) is 2.95. The minimum absolute atomic E-state index is 0.0697. The third-order valence-corrected chi connectivity index (χ3v) is 4.76. The number of rotatable bonds is 3. The van der Waals surface area contributed by atoms with E-state index in [4.69, 9.17) is 15.6 Å². The van der Waals surface area contributed by atoms with Crippen LogP contribution in [0.25, 0.3) is 16.9 Å². The normalized spacial score (nSPS) is 17.3. The maximum absolute atomic E-state index is 14.0. The molecule has 4 rings (SSSR count). The smallest absolute Gasteiger partial charge is 0.307 e. The number of hydrogen-bond acceptors (Lipinski definition) is 6. The lowest BCUT2D eigenvalue weighted by molar-refractivity contribution is -0.127. The zero-order valence-electron chi connectivity index (χ0n) is 17.0. The van der Waals surface area contributed by atoms with Gasteiger partial charge in [0.1, 0.15) is 5.52 Å². The van der Waals surface area contributed by atoms with Crippen LogP contribution in [0, 0.1) is 5.82 Å². The van der Waals surface area contributed by atoms with Gasteiger partial charge in [-0.3, -0.25) is 4.98 Å². The molecular weight excluding hydrogens is 418 g/mol. The van der Waals surface area contributed by atoms with E-state index in [2.05, 4.69) is 15.1 Å². The Labute approximate surface area is 175 Å². The third-order valence-electron chi connectivity index (χ3n) is 4.76. The lowest BCUT2D eigenvalue weighted by Crippen LogP contribution is -2.36. The lowest BCUT2D eigenvalue weighted by Gasteiger charge is -2.26. The number of anilines is 1. The molecule has 0 amide bonds. The fourth-order valence-electron chi connectivity index (χ4n) is 2.95. The van der Waals surface area contributed by atoms with Gasteiger partial charge in [0.05, 0.1) is 30.3 Å². The highest BCUT2D eigenvalue weighted by Gasteiger charge is 2.49. The molecule has 11 heteroatoms. The Morgan fingerprint density at radius 2 is 1.94 bits per heavy atom. The van der Waals surface area contributed by atoms with Gasteiger partial charge < -0.3 is 15.6 Å². The fraction of sp³-hybridized carbons (Fsp3) is 0.450. The summed E-state index contributed by atoms with van der Waals surface area (Å²) in [6.07, 6.45) is 3.81. The minimum atomic E-state index is -3.71. The third kappa shape index (κ3) is 4.93. The molecule has 0 radical (unpaired) electrons. The number of nitrogens with two attached hydrogens (primary N) is 1. The van der Waals surface area contributed by atoms with Gasteiger partial charge in [-0.05, 0) is 38.8 Å². The van der Waals surface area contributed by atoms with Crippen molar-refractivity contribution in [3.05, 3.63) is 42.0 Å². The van der Waals surface area contributed by atoms with Gasteiger partial charge in [0.25, 0.3) is 0 Å². The summed E-state index contributed by atoms with van der Waals surface area (Å²) in [4.78, 5) is 7.58.